The third-order valence-electron chi connectivity index (χ3n) is 6.83. The van der Waals surface area contributed by atoms with Gasteiger partial charge in [-0.15, -0.1) is 0 Å². The summed E-state index contributed by atoms with van der Waals surface area (Å²) in [6.07, 6.45) is 1.75. The van der Waals surface area contributed by atoms with Crippen LogP contribution in [0, 0.1) is 0 Å². The Labute approximate surface area is 259 Å². The fourth-order valence-electron chi connectivity index (χ4n) is 4.68. The summed E-state index contributed by atoms with van der Waals surface area (Å²) in [6, 6.07) is 16.8. The molecule has 234 valence electrons. The first-order chi connectivity index (χ1) is 20.8. The molecule has 44 heavy (non-hydrogen) atoms. The number of nitrogens with one attached hydrogen (secondary N) is 1. The Kier molecular flexibility index (Phi) is 10.2. The maximum Gasteiger partial charge on any atom is 0.325 e. The van der Waals surface area contributed by atoms with E-state index in [0.717, 1.165) is 28.1 Å². The van der Waals surface area contributed by atoms with Gasteiger partial charge in [-0.3, -0.25) is 14.9 Å². The molecular weight excluding hydrogens is 576 g/mol. The molecule has 1 atom stereocenters. The molecule has 0 spiro atoms. The van der Waals surface area contributed by atoms with Gasteiger partial charge >= 0.3 is 11.9 Å². The molecule has 0 fully saturated rings. The minimum Gasteiger partial charge on any atom is -0.496 e. The Bertz CT molecular complexity index is 1620. The Morgan fingerprint density at radius 3 is 2.48 bits per heavy atom. The number of nitrogens with zero attached hydrogens (tertiary/aromatic N) is 3. The molecule has 0 aliphatic heterocycles. The maximum absolute atomic E-state index is 12.2. The summed E-state index contributed by atoms with van der Waals surface area (Å²) < 4.78 is 18.8. The summed E-state index contributed by atoms with van der Waals surface area (Å²) >= 11 is 0. The Hall–Kier alpha value is -4.06. The first-order valence-corrected chi connectivity index (χ1v) is 18.3. The molecule has 0 saturated heterocycles. The molecule has 0 aliphatic carbocycles. The smallest absolute Gasteiger partial charge is 0.325 e. The standard InChI is InChI=1S/C33H42N4O6Si/c1-33(2,3)43-28(38)20-34-29(32(39)40)23-12-10-11-22(17-23)24-18-26-30(25-13-8-9-14-27(25)41-4)36-37(31(26)35-19-24)21-42-15-16-44(5,6)7/h8-14,17-19,29,34H,15-16,20-21H2,1-7H3,(H,39,40). The lowest BCUT2D eigenvalue weighted by Crippen LogP contribution is -2.36. The van der Waals surface area contributed by atoms with Crippen LogP contribution in [0.2, 0.25) is 25.7 Å². The number of aliphatic carboxylic acids is 1. The van der Waals surface area contributed by atoms with Crippen LogP contribution in [0.25, 0.3) is 33.4 Å². The molecule has 0 aliphatic rings. The van der Waals surface area contributed by atoms with Crippen molar-refractivity contribution in [2.24, 2.45) is 0 Å². The SMILES string of the molecule is COc1ccccc1-c1nn(COCC[Si](C)(C)C)c2ncc(-c3cccc(C(NCC(=O)OC(C)(C)C)C(=O)O)c3)cc12. The molecule has 11 heteroatoms. The van der Waals surface area contributed by atoms with E-state index >= 15 is 0 Å². The van der Waals surface area contributed by atoms with Gasteiger partial charge in [0.05, 0.1) is 13.7 Å². The van der Waals surface area contributed by atoms with Crippen molar-refractivity contribution in [3.8, 4) is 28.1 Å². The van der Waals surface area contributed by atoms with Gasteiger partial charge in [0.15, 0.2) is 5.65 Å². The number of esters is 1. The van der Waals surface area contributed by atoms with Crippen molar-refractivity contribution in [3.05, 3.63) is 66.4 Å². The predicted molar refractivity (Wildman–Crippen MR) is 173 cm³/mol. The Morgan fingerprint density at radius 2 is 1.80 bits per heavy atom. The normalized spacial score (nSPS) is 12.7. The van der Waals surface area contributed by atoms with Crippen LogP contribution >= 0.6 is 0 Å². The monoisotopic (exact) mass is 618 g/mol. The number of aromatic nitrogens is 3. The van der Waals surface area contributed by atoms with Crippen LogP contribution in [0.4, 0.5) is 0 Å². The van der Waals surface area contributed by atoms with Crippen molar-refractivity contribution < 1.29 is 28.9 Å². The lowest BCUT2D eigenvalue weighted by atomic mass is 9.99. The summed E-state index contributed by atoms with van der Waals surface area (Å²) in [5.74, 6) is -0.945. The van der Waals surface area contributed by atoms with Crippen LogP contribution in [-0.4, -0.2) is 65.7 Å². The number of para-hydroxylation sites is 1. The zero-order valence-electron chi connectivity index (χ0n) is 26.5. The molecule has 0 amide bonds. The van der Waals surface area contributed by atoms with Gasteiger partial charge in [-0.2, -0.15) is 5.10 Å². The zero-order chi connectivity index (χ0) is 32.1. The molecule has 10 nitrogen and oxygen atoms in total. The minimum absolute atomic E-state index is 0.243. The van der Waals surface area contributed by atoms with E-state index in [1.165, 1.54) is 0 Å². The lowest BCUT2D eigenvalue weighted by molar-refractivity contribution is -0.154. The van der Waals surface area contributed by atoms with Crippen LogP contribution in [0.5, 0.6) is 5.75 Å². The van der Waals surface area contributed by atoms with E-state index in [-0.39, 0.29) is 13.3 Å². The van der Waals surface area contributed by atoms with E-state index in [9.17, 15) is 14.7 Å². The van der Waals surface area contributed by atoms with E-state index in [2.05, 4.69) is 25.0 Å². The summed E-state index contributed by atoms with van der Waals surface area (Å²) in [7, 11) is 0.382. The van der Waals surface area contributed by atoms with Gasteiger partial charge in [-0.05, 0) is 62.2 Å². The number of hydrogen-bond donors (Lipinski definition) is 2. The van der Waals surface area contributed by atoms with Gasteiger partial charge in [-0.25, -0.2) is 9.67 Å². The molecular formula is C33H42N4O6Si. The largest absolute Gasteiger partial charge is 0.496 e. The van der Waals surface area contributed by atoms with E-state index in [4.69, 9.17) is 24.3 Å². The number of carboxylic acids is 1. The molecule has 2 heterocycles. The highest BCUT2D eigenvalue weighted by atomic mass is 28.3. The van der Waals surface area contributed by atoms with Crippen molar-refractivity contribution in [1.29, 1.82) is 0 Å². The number of carbonyl (C=O) groups excluding carboxylic acids is 1. The van der Waals surface area contributed by atoms with E-state index in [1.54, 1.807) is 57.0 Å². The highest BCUT2D eigenvalue weighted by molar-refractivity contribution is 6.76. The topological polar surface area (TPSA) is 125 Å². The van der Waals surface area contributed by atoms with E-state index in [0.29, 0.717) is 29.3 Å². The van der Waals surface area contributed by atoms with E-state index in [1.807, 2.05) is 36.4 Å². The highest BCUT2D eigenvalue weighted by Gasteiger charge is 2.24. The average Bonchev–Trinajstić information content (AvgIpc) is 3.31. The average molecular weight is 619 g/mol. The second-order valence-electron chi connectivity index (χ2n) is 12.9. The maximum atomic E-state index is 12.2. The molecule has 4 rings (SSSR count). The van der Waals surface area contributed by atoms with Gasteiger partial charge in [0, 0.05) is 37.4 Å². The fourth-order valence-corrected chi connectivity index (χ4v) is 5.44. The summed E-state index contributed by atoms with van der Waals surface area (Å²) in [6.45, 7) is 12.9. The predicted octanol–water partition coefficient (Wildman–Crippen LogP) is 6.14. The van der Waals surface area contributed by atoms with Crippen LogP contribution in [0.1, 0.15) is 32.4 Å². The van der Waals surface area contributed by atoms with Crippen molar-refractivity contribution in [3.63, 3.8) is 0 Å². The van der Waals surface area contributed by atoms with Crippen LogP contribution in [-0.2, 0) is 25.8 Å². The number of benzene rings is 2. The Morgan fingerprint density at radius 1 is 1.05 bits per heavy atom. The van der Waals surface area contributed by atoms with E-state index < -0.39 is 31.7 Å². The van der Waals surface area contributed by atoms with Gasteiger partial charge in [-0.1, -0.05) is 50.0 Å². The minimum atomic E-state index is -1.25. The quantitative estimate of drug-likeness (QED) is 0.103. The van der Waals surface area contributed by atoms with Gasteiger partial charge in [0.25, 0.3) is 0 Å². The molecule has 2 aromatic carbocycles. The third kappa shape index (κ3) is 8.52. The van der Waals surface area contributed by atoms with Crippen LogP contribution < -0.4 is 10.1 Å². The number of fused-ring (bicyclic) bond motifs is 1. The molecule has 2 aromatic heterocycles. The number of carbonyl (C=O) groups is 2. The summed E-state index contributed by atoms with van der Waals surface area (Å²) in [5, 5.41) is 18.5. The highest BCUT2D eigenvalue weighted by Crippen LogP contribution is 2.36. The molecule has 0 radical (unpaired) electrons. The molecule has 2 N–H and O–H groups in total. The van der Waals surface area contributed by atoms with Gasteiger partial charge < -0.3 is 19.3 Å². The van der Waals surface area contributed by atoms with Crippen molar-refractivity contribution >= 4 is 31.0 Å². The summed E-state index contributed by atoms with van der Waals surface area (Å²) in [4.78, 5) is 29.2. The molecule has 0 bridgehead atoms. The Balaban J connectivity index is 1.69. The molecule has 1 unspecified atom stereocenters. The molecule has 0 saturated carbocycles. The fraction of sp³-hybridized carbons (Fsp3) is 0.394. The molecule has 4 aromatic rings. The number of pyridine rings is 1. The van der Waals surface area contributed by atoms with Crippen molar-refractivity contribution in [2.75, 3.05) is 20.3 Å². The second kappa shape index (κ2) is 13.7. The third-order valence-corrected chi connectivity index (χ3v) is 8.53. The first kappa shape index (κ1) is 32.8. The summed E-state index contributed by atoms with van der Waals surface area (Å²) in [5.41, 5.74) is 3.58. The van der Waals surface area contributed by atoms with Crippen LogP contribution in [0.3, 0.4) is 0 Å². The number of rotatable bonds is 13. The van der Waals surface area contributed by atoms with Gasteiger partial charge in [0.2, 0.25) is 0 Å². The number of carboxylic acid groups (broad SMARTS) is 1. The zero-order valence-corrected chi connectivity index (χ0v) is 27.5. The number of ether oxygens (including phenoxy) is 3. The van der Waals surface area contributed by atoms with Crippen molar-refractivity contribution in [1.82, 2.24) is 20.1 Å². The lowest BCUT2D eigenvalue weighted by Gasteiger charge is -2.21. The number of methoxy groups -OCH3 is 1. The second-order valence-corrected chi connectivity index (χ2v) is 18.5. The van der Waals surface area contributed by atoms with Gasteiger partial charge in [0.1, 0.15) is 29.8 Å². The van der Waals surface area contributed by atoms with Crippen LogP contribution in [0.15, 0.2) is 60.8 Å². The number of hydrogen-bond acceptors (Lipinski definition) is 8. The first-order valence-electron chi connectivity index (χ1n) is 14.6. The van der Waals surface area contributed by atoms with Crippen molar-refractivity contribution in [2.45, 2.75) is 64.8 Å².